The first kappa shape index (κ1) is 10.5. The predicted molar refractivity (Wildman–Crippen MR) is 55.2 cm³/mol. The van der Waals surface area contributed by atoms with Crippen molar-refractivity contribution in [3.8, 4) is 0 Å². The van der Waals surface area contributed by atoms with Crippen LogP contribution in [0, 0.1) is 0 Å². The van der Waals surface area contributed by atoms with Crippen molar-refractivity contribution in [2.75, 3.05) is 7.11 Å². The summed E-state index contributed by atoms with van der Waals surface area (Å²) in [4.78, 5) is 4.30. The van der Waals surface area contributed by atoms with Crippen LogP contribution in [0.4, 0.5) is 0 Å². The number of hydrogen-bond acceptors (Lipinski definition) is 2. The third-order valence-electron chi connectivity index (χ3n) is 1.66. The maximum atomic E-state index is 5.03. The van der Waals surface area contributed by atoms with Crippen LogP contribution in [0.5, 0.6) is 0 Å². The van der Waals surface area contributed by atoms with Crippen molar-refractivity contribution in [1.29, 1.82) is 0 Å². The predicted octanol–water partition coefficient (Wildman–Crippen LogP) is 1.59. The van der Waals surface area contributed by atoms with E-state index >= 15 is 0 Å². The topological polar surface area (TPSA) is 21.6 Å². The van der Waals surface area contributed by atoms with E-state index in [-0.39, 0.29) is 6.23 Å². The van der Waals surface area contributed by atoms with E-state index in [1.54, 1.807) is 7.11 Å². The fourth-order valence-electron chi connectivity index (χ4n) is 0.873. The molecule has 0 aliphatic heterocycles. The number of nitrogens with zero attached hydrogens (tertiary/aromatic N) is 1. The van der Waals surface area contributed by atoms with E-state index in [9.17, 15) is 0 Å². The Morgan fingerprint density at radius 1 is 1.38 bits per heavy atom. The van der Waals surface area contributed by atoms with Crippen molar-refractivity contribution >= 4 is 20.6 Å². The van der Waals surface area contributed by atoms with Crippen LogP contribution in [0.2, 0.25) is 0 Å². The van der Waals surface area contributed by atoms with Gasteiger partial charge in [-0.3, -0.25) is 0 Å². The van der Waals surface area contributed by atoms with E-state index in [2.05, 4.69) is 21.0 Å². The van der Waals surface area contributed by atoms with Crippen LogP contribution in [0.1, 0.15) is 12.5 Å². The Hall–Kier alpha value is -0.631. The molecular formula is C10H12NOSe. The van der Waals surface area contributed by atoms with Gasteiger partial charge in [0, 0.05) is 0 Å². The summed E-state index contributed by atoms with van der Waals surface area (Å²) in [7, 11) is 1.65. The van der Waals surface area contributed by atoms with Crippen molar-refractivity contribution in [3.05, 3.63) is 35.9 Å². The first-order valence-electron chi connectivity index (χ1n) is 4.07. The van der Waals surface area contributed by atoms with Gasteiger partial charge in [-0.1, -0.05) is 0 Å². The molecule has 3 heteroatoms. The fraction of sp³-hybridized carbons (Fsp3) is 0.300. The minimum absolute atomic E-state index is 0.101. The number of hydrogen-bond donors (Lipinski definition) is 0. The van der Waals surface area contributed by atoms with Gasteiger partial charge in [0.25, 0.3) is 0 Å². The number of methoxy groups -OCH3 is 1. The summed E-state index contributed by atoms with van der Waals surface area (Å²) in [6, 6.07) is 9.98. The average Bonchev–Trinajstić information content (AvgIpc) is 2.19. The molecule has 0 N–H and O–H groups in total. The Kier molecular flexibility index (Phi) is 4.16. The Morgan fingerprint density at radius 2 is 2.00 bits per heavy atom. The summed E-state index contributed by atoms with van der Waals surface area (Å²) >= 11 is 2.93. The Morgan fingerprint density at radius 3 is 2.54 bits per heavy atom. The number of benzene rings is 1. The van der Waals surface area contributed by atoms with E-state index in [0.29, 0.717) is 0 Å². The monoisotopic (exact) mass is 242 g/mol. The molecule has 0 bridgehead atoms. The van der Waals surface area contributed by atoms with Gasteiger partial charge in [0.05, 0.1) is 0 Å². The number of ether oxygens (including phenoxy) is 1. The van der Waals surface area contributed by atoms with Gasteiger partial charge in [0.2, 0.25) is 0 Å². The third kappa shape index (κ3) is 3.31. The van der Waals surface area contributed by atoms with Crippen molar-refractivity contribution < 1.29 is 4.74 Å². The molecule has 0 fully saturated rings. The van der Waals surface area contributed by atoms with Gasteiger partial charge >= 0.3 is 86.5 Å². The third-order valence-corrected chi connectivity index (χ3v) is 2.38. The molecule has 13 heavy (non-hydrogen) atoms. The Balaban J connectivity index is 2.79. The van der Waals surface area contributed by atoms with E-state index in [4.69, 9.17) is 4.74 Å². The zero-order valence-corrected chi connectivity index (χ0v) is 9.44. The van der Waals surface area contributed by atoms with Gasteiger partial charge in [-0.05, 0) is 0 Å². The van der Waals surface area contributed by atoms with Gasteiger partial charge in [-0.2, -0.15) is 0 Å². The van der Waals surface area contributed by atoms with Crippen molar-refractivity contribution in [1.82, 2.24) is 0 Å². The summed E-state index contributed by atoms with van der Waals surface area (Å²) in [6.45, 7) is 1.90. The van der Waals surface area contributed by atoms with E-state index in [1.807, 2.05) is 37.3 Å². The van der Waals surface area contributed by atoms with E-state index < -0.39 is 0 Å². The van der Waals surface area contributed by atoms with E-state index in [0.717, 1.165) is 10.2 Å². The van der Waals surface area contributed by atoms with Crippen LogP contribution >= 0.6 is 0 Å². The number of aliphatic imine (C=N–C) groups is 1. The second-order valence-electron chi connectivity index (χ2n) is 2.64. The molecule has 0 heterocycles. The second-order valence-corrected chi connectivity index (χ2v) is 3.45. The van der Waals surface area contributed by atoms with Crippen molar-refractivity contribution in [3.63, 3.8) is 0 Å². The van der Waals surface area contributed by atoms with Gasteiger partial charge in [0.1, 0.15) is 0 Å². The molecule has 0 saturated heterocycles. The van der Waals surface area contributed by atoms with Crippen LogP contribution in [-0.2, 0) is 4.74 Å². The molecule has 1 rings (SSSR count). The van der Waals surface area contributed by atoms with Crippen LogP contribution < -0.4 is 0 Å². The average molecular weight is 241 g/mol. The Bertz CT molecular complexity index is 284. The molecule has 0 aromatic heterocycles. The zero-order valence-electron chi connectivity index (χ0n) is 7.73. The van der Waals surface area contributed by atoms with Crippen molar-refractivity contribution in [2.24, 2.45) is 4.99 Å². The van der Waals surface area contributed by atoms with Crippen LogP contribution in [-0.4, -0.2) is 34.0 Å². The summed E-state index contributed by atoms with van der Waals surface area (Å²) in [5.41, 5.74) is 1.09. The SMILES string of the molecule is COC(C)/N=C(\[Se])c1ccccc1. The van der Waals surface area contributed by atoms with Crippen LogP contribution in [0.15, 0.2) is 35.3 Å². The molecule has 0 aliphatic rings. The summed E-state index contributed by atoms with van der Waals surface area (Å²) in [6.07, 6.45) is -0.101. The number of rotatable bonds is 3. The quantitative estimate of drug-likeness (QED) is 0.581. The zero-order chi connectivity index (χ0) is 9.68. The Labute approximate surface area is 86.8 Å². The molecule has 69 valence electrons. The van der Waals surface area contributed by atoms with Gasteiger partial charge < -0.3 is 0 Å². The molecule has 0 aliphatic carbocycles. The maximum absolute atomic E-state index is 5.03. The molecular weight excluding hydrogens is 229 g/mol. The summed E-state index contributed by atoms with van der Waals surface area (Å²) in [5, 5.41) is 0. The molecule has 1 unspecified atom stereocenters. The standard InChI is InChI=1S/C10H12NOSe/c1-8(12-2)11-10(13)9-6-4-3-5-7-9/h3-8H,1-2H3/b11-10-. The molecule has 1 aromatic carbocycles. The van der Waals surface area contributed by atoms with Gasteiger partial charge in [-0.25, -0.2) is 0 Å². The summed E-state index contributed by atoms with van der Waals surface area (Å²) < 4.78 is 5.92. The summed E-state index contributed by atoms with van der Waals surface area (Å²) in [5.74, 6) is 0. The molecule has 0 saturated carbocycles. The fourth-order valence-corrected chi connectivity index (χ4v) is 1.47. The normalized spacial score (nSPS) is 14.2. The second kappa shape index (κ2) is 5.18. The first-order valence-corrected chi connectivity index (χ1v) is 4.92. The molecule has 1 atom stereocenters. The van der Waals surface area contributed by atoms with Crippen molar-refractivity contribution in [2.45, 2.75) is 13.2 Å². The van der Waals surface area contributed by atoms with Crippen LogP contribution in [0.25, 0.3) is 0 Å². The minimum atomic E-state index is -0.101. The van der Waals surface area contributed by atoms with Gasteiger partial charge in [0.15, 0.2) is 0 Å². The van der Waals surface area contributed by atoms with Crippen LogP contribution in [0.3, 0.4) is 0 Å². The molecule has 0 amide bonds. The molecule has 0 spiro atoms. The van der Waals surface area contributed by atoms with Gasteiger partial charge in [-0.15, -0.1) is 0 Å². The first-order chi connectivity index (χ1) is 6.24. The molecule has 2 nitrogen and oxygen atoms in total. The molecule has 1 radical (unpaired) electrons. The van der Waals surface area contributed by atoms with E-state index in [1.165, 1.54) is 0 Å². The molecule has 1 aromatic rings.